The van der Waals surface area contributed by atoms with E-state index in [2.05, 4.69) is 4.99 Å². The predicted octanol–water partition coefficient (Wildman–Crippen LogP) is 3.80. The van der Waals surface area contributed by atoms with Crippen LogP contribution in [0.25, 0.3) is 0 Å². The third-order valence-corrected chi connectivity index (χ3v) is 7.07. The van der Waals surface area contributed by atoms with Crippen LogP contribution < -0.4 is 9.47 Å². The molecule has 8 nitrogen and oxygen atoms in total. The maximum atomic E-state index is 12.6. The van der Waals surface area contributed by atoms with Gasteiger partial charge in [-0.1, -0.05) is 0 Å². The first-order valence-corrected chi connectivity index (χ1v) is 12.4. The van der Waals surface area contributed by atoms with E-state index in [1.165, 1.54) is 4.88 Å². The molecule has 9 heteroatoms. The van der Waals surface area contributed by atoms with Crippen LogP contribution in [-0.2, 0) is 27.1 Å². The number of aliphatic imine (C=N–C) groups is 1. The van der Waals surface area contributed by atoms with E-state index in [9.17, 15) is 9.59 Å². The number of hydrogen-bond acceptors (Lipinski definition) is 8. The van der Waals surface area contributed by atoms with Gasteiger partial charge in [-0.2, -0.15) is 0 Å². The van der Waals surface area contributed by atoms with Crippen LogP contribution in [0.1, 0.15) is 46.1 Å². The number of methoxy groups -OCH3 is 1. The van der Waals surface area contributed by atoms with Crippen molar-refractivity contribution in [1.29, 1.82) is 0 Å². The van der Waals surface area contributed by atoms with Crippen molar-refractivity contribution < 1.29 is 28.5 Å². The van der Waals surface area contributed by atoms with E-state index in [0.717, 1.165) is 36.8 Å². The molecule has 0 unspecified atom stereocenters. The van der Waals surface area contributed by atoms with Crippen molar-refractivity contribution >= 4 is 34.4 Å². The minimum absolute atomic E-state index is 0.0621. The van der Waals surface area contributed by atoms with Crippen molar-refractivity contribution in [2.24, 2.45) is 4.99 Å². The molecular formula is C25H30N2O6S. The highest BCUT2D eigenvalue weighted by atomic mass is 32.1. The molecule has 1 saturated heterocycles. The molecule has 2 heterocycles. The molecular weight excluding hydrogens is 456 g/mol. The monoisotopic (exact) mass is 486 g/mol. The Balaban J connectivity index is 1.49. The smallest absolute Gasteiger partial charge is 0.341 e. The number of benzene rings is 1. The molecule has 1 aliphatic heterocycles. The Kier molecular flexibility index (Phi) is 8.18. The van der Waals surface area contributed by atoms with Crippen LogP contribution in [-0.4, -0.2) is 69.6 Å². The van der Waals surface area contributed by atoms with Crippen LogP contribution in [0.5, 0.6) is 11.5 Å². The predicted molar refractivity (Wildman–Crippen MR) is 130 cm³/mol. The summed E-state index contributed by atoms with van der Waals surface area (Å²) >= 11 is 1.57. The summed E-state index contributed by atoms with van der Waals surface area (Å²) < 4.78 is 21.8. The number of ether oxygens (including phenoxy) is 4. The second-order valence-corrected chi connectivity index (χ2v) is 9.15. The maximum Gasteiger partial charge on any atom is 0.341 e. The number of nitrogens with zero attached hydrogens (tertiary/aromatic N) is 2. The molecule has 2 aliphatic rings. The van der Waals surface area contributed by atoms with Crippen molar-refractivity contribution in [3.8, 4) is 11.5 Å². The van der Waals surface area contributed by atoms with E-state index < -0.39 is 0 Å². The van der Waals surface area contributed by atoms with Gasteiger partial charge in [0, 0.05) is 24.2 Å². The molecule has 0 N–H and O–H groups in total. The first-order valence-electron chi connectivity index (χ1n) is 11.6. The van der Waals surface area contributed by atoms with Crippen LogP contribution in [0.3, 0.4) is 0 Å². The largest absolute Gasteiger partial charge is 0.493 e. The molecule has 0 radical (unpaired) electrons. The number of fused-ring (bicyclic) bond motifs is 1. The quantitative estimate of drug-likeness (QED) is 0.417. The standard InChI is InChI=1S/C25H30N2O6S/c1-3-32-25(29)23-18-6-4-5-7-21(18)34-24(23)26-15-17-8-9-19(20(14-17)30-2)33-16-22(28)27-10-12-31-13-11-27/h8-9,14-15H,3-7,10-13,16H2,1-2H3. The Morgan fingerprint density at radius 2 is 1.97 bits per heavy atom. The number of carbonyl (C=O) groups excluding carboxylic acids is 2. The van der Waals surface area contributed by atoms with E-state index in [0.29, 0.717) is 55.0 Å². The van der Waals surface area contributed by atoms with Crippen LogP contribution in [0, 0.1) is 0 Å². The van der Waals surface area contributed by atoms with Gasteiger partial charge in [0.1, 0.15) is 5.00 Å². The van der Waals surface area contributed by atoms with E-state index in [1.54, 1.807) is 41.7 Å². The fourth-order valence-electron chi connectivity index (χ4n) is 4.12. The Morgan fingerprint density at radius 3 is 2.74 bits per heavy atom. The van der Waals surface area contributed by atoms with Crippen molar-refractivity contribution in [2.45, 2.75) is 32.6 Å². The number of amides is 1. The Bertz CT molecular complexity index is 1060. The summed E-state index contributed by atoms with van der Waals surface area (Å²) in [5.74, 6) is 0.611. The summed E-state index contributed by atoms with van der Waals surface area (Å²) in [5.41, 5.74) is 2.49. The normalized spacial score (nSPS) is 15.8. The molecule has 4 rings (SSSR count). The van der Waals surface area contributed by atoms with E-state index in [-0.39, 0.29) is 18.5 Å². The summed E-state index contributed by atoms with van der Waals surface area (Å²) in [7, 11) is 1.55. The summed E-state index contributed by atoms with van der Waals surface area (Å²) in [6, 6.07) is 5.41. The third-order valence-electron chi connectivity index (χ3n) is 5.87. The van der Waals surface area contributed by atoms with Crippen LogP contribution >= 0.6 is 11.3 Å². The molecule has 0 spiro atoms. The molecule has 1 fully saturated rings. The Morgan fingerprint density at radius 1 is 1.18 bits per heavy atom. The summed E-state index contributed by atoms with van der Waals surface area (Å²) in [4.78, 5) is 32.6. The van der Waals surface area contributed by atoms with Crippen LogP contribution in [0.15, 0.2) is 23.2 Å². The SMILES string of the molecule is CCOC(=O)c1c(N=Cc2ccc(OCC(=O)N3CCOCC3)c(OC)c2)sc2c1CCCC2. The first-order chi connectivity index (χ1) is 16.6. The molecule has 0 saturated carbocycles. The van der Waals surface area contributed by atoms with Gasteiger partial charge in [0.25, 0.3) is 5.91 Å². The minimum Gasteiger partial charge on any atom is -0.493 e. The zero-order chi connectivity index (χ0) is 23.9. The summed E-state index contributed by atoms with van der Waals surface area (Å²) in [6.45, 7) is 4.34. The van der Waals surface area contributed by atoms with Crippen molar-refractivity contribution in [1.82, 2.24) is 4.90 Å². The Hall–Kier alpha value is -2.91. The zero-order valence-corrected chi connectivity index (χ0v) is 20.4. The first kappa shape index (κ1) is 24.2. The lowest BCUT2D eigenvalue weighted by molar-refractivity contribution is -0.137. The second-order valence-electron chi connectivity index (χ2n) is 8.06. The molecule has 34 heavy (non-hydrogen) atoms. The van der Waals surface area contributed by atoms with Gasteiger partial charge < -0.3 is 23.8 Å². The van der Waals surface area contributed by atoms with Crippen molar-refractivity contribution in [3.05, 3.63) is 39.8 Å². The lowest BCUT2D eigenvalue weighted by Gasteiger charge is -2.26. The number of morpholine rings is 1. The average Bonchev–Trinajstić information content (AvgIpc) is 3.25. The maximum absolute atomic E-state index is 12.6. The van der Waals surface area contributed by atoms with Gasteiger partial charge in [-0.15, -0.1) is 11.3 Å². The number of thiophene rings is 1. The topological polar surface area (TPSA) is 86.7 Å². The molecule has 0 atom stereocenters. The summed E-state index contributed by atoms with van der Waals surface area (Å²) in [5, 5.41) is 0.681. The molecule has 1 aromatic heterocycles. The highest BCUT2D eigenvalue weighted by Crippen LogP contribution is 2.40. The number of carbonyl (C=O) groups is 2. The van der Waals surface area contributed by atoms with E-state index in [4.69, 9.17) is 18.9 Å². The molecule has 1 aromatic carbocycles. The number of rotatable bonds is 8. The summed E-state index contributed by atoms with van der Waals surface area (Å²) in [6.07, 6.45) is 5.78. The van der Waals surface area contributed by atoms with Crippen molar-refractivity contribution in [2.75, 3.05) is 46.6 Å². The van der Waals surface area contributed by atoms with Gasteiger partial charge in [0.05, 0.1) is 32.5 Å². The van der Waals surface area contributed by atoms with Gasteiger partial charge >= 0.3 is 5.97 Å². The lowest BCUT2D eigenvalue weighted by atomic mass is 9.95. The third kappa shape index (κ3) is 5.59. The molecule has 182 valence electrons. The van der Waals surface area contributed by atoms with Gasteiger partial charge in [-0.05, 0) is 61.9 Å². The highest BCUT2D eigenvalue weighted by Gasteiger charge is 2.26. The zero-order valence-electron chi connectivity index (χ0n) is 19.6. The highest BCUT2D eigenvalue weighted by molar-refractivity contribution is 7.16. The van der Waals surface area contributed by atoms with Crippen LogP contribution in [0.2, 0.25) is 0 Å². The fourth-order valence-corrected chi connectivity index (χ4v) is 5.34. The van der Waals surface area contributed by atoms with Gasteiger partial charge in [-0.3, -0.25) is 4.79 Å². The molecule has 0 bridgehead atoms. The number of aryl methyl sites for hydroxylation is 1. The van der Waals surface area contributed by atoms with E-state index in [1.807, 2.05) is 13.0 Å². The lowest BCUT2D eigenvalue weighted by Crippen LogP contribution is -2.43. The fraction of sp³-hybridized carbons (Fsp3) is 0.480. The van der Waals surface area contributed by atoms with Gasteiger partial charge in [-0.25, -0.2) is 9.79 Å². The van der Waals surface area contributed by atoms with Gasteiger partial charge in [0.15, 0.2) is 18.1 Å². The number of esters is 1. The molecule has 1 amide bonds. The van der Waals surface area contributed by atoms with Crippen LogP contribution in [0.4, 0.5) is 5.00 Å². The van der Waals surface area contributed by atoms with Crippen molar-refractivity contribution in [3.63, 3.8) is 0 Å². The molecule has 2 aromatic rings. The molecule has 1 aliphatic carbocycles. The minimum atomic E-state index is -0.305. The van der Waals surface area contributed by atoms with Gasteiger partial charge in [0.2, 0.25) is 0 Å². The number of hydrogen-bond donors (Lipinski definition) is 0. The Labute approximate surface area is 203 Å². The van der Waals surface area contributed by atoms with E-state index >= 15 is 0 Å². The average molecular weight is 487 g/mol. The second kappa shape index (κ2) is 11.5.